The Labute approximate surface area is 84.0 Å². The van der Waals surface area contributed by atoms with E-state index in [1.807, 2.05) is 0 Å². The van der Waals surface area contributed by atoms with Gasteiger partial charge in [-0.05, 0) is 0 Å². The molecule has 0 bridgehead atoms. The molecular formula is C2H3Cl3NaO2. The van der Waals surface area contributed by atoms with Crippen molar-refractivity contribution in [1.29, 1.82) is 0 Å². The molecule has 2 N–H and O–H groups in total. The molecule has 0 saturated heterocycles. The number of rotatable bonds is 0. The van der Waals surface area contributed by atoms with E-state index in [1.165, 1.54) is 0 Å². The maximum Gasteiger partial charge on any atom is 0.240 e. The summed E-state index contributed by atoms with van der Waals surface area (Å²) in [6.45, 7) is 0. The van der Waals surface area contributed by atoms with Gasteiger partial charge in [0.2, 0.25) is 3.79 Å². The fourth-order valence-electron chi connectivity index (χ4n) is 0. The van der Waals surface area contributed by atoms with Crippen LogP contribution in [0.4, 0.5) is 0 Å². The minimum absolute atomic E-state index is 0. The molecule has 0 aliphatic carbocycles. The molecule has 0 saturated carbocycles. The van der Waals surface area contributed by atoms with Crippen LogP contribution in [-0.4, -0.2) is 49.9 Å². The van der Waals surface area contributed by atoms with Crippen LogP contribution in [0.5, 0.6) is 0 Å². The average molecular weight is 188 g/mol. The van der Waals surface area contributed by atoms with E-state index in [-0.39, 0.29) is 29.6 Å². The second kappa shape index (κ2) is 4.58. The maximum absolute atomic E-state index is 8.05. The van der Waals surface area contributed by atoms with Gasteiger partial charge in [0.05, 0.1) is 0 Å². The molecule has 0 heterocycles. The summed E-state index contributed by atoms with van der Waals surface area (Å²) in [6.07, 6.45) is -1.91. The van der Waals surface area contributed by atoms with Crippen LogP contribution in [-0.2, 0) is 0 Å². The van der Waals surface area contributed by atoms with Crippen molar-refractivity contribution in [1.82, 2.24) is 0 Å². The Morgan fingerprint density at radius 2 is 1.25 bits per heavy atom. The van der Waals surface area contributed by atoms with Gasteiger partial charge in [-0.3, -0.25) is 0 Å². The normalized spacial score (nSPS) is 11.2. The van der Waals surface area contributed by atoms with E-state index < -0.39 is 10.1 Å². The number of hydrogen-bond donors (Lipinski definition) is 2. The molecular weight excluding hydrogens is 185 g/mol. The molecule has 0 rings (SSSR count). The summed E-state index contributed by atoms with van der Waals surface area (Å²) in [7, 11) is 0. The SMILES string of the molecule is OC(O)C(Cl)(Cl)Cl.[Na]. The van der Waals surface area contributed by atoms with E-state index in [2.05, 4.69) is 0 Å². The molecule has 0 spiro atoms. The smallest absolute Gasteiger partial charge is 0.240 e. The van der Waals surface area contributed by atoms with E-state index in [0.29, 0.717) is 0 Å². The van der Waals surface area contributed by atoms with Crippen molar-refractivity contribution in [2.24, 2.45) is 0 Å². The first-order chi connectivity index (χ1) is 2.94. The number of aliphatic hydroxyl groups excluding tert-OH is 1. The third-order valence-electron chi connectivity index (χ3n) is 0.293. The molecule has 1 radical (unpaired) electrons. The van der Waals surface area contributed by atoms with Gasteiger partial charge in [0, 0.05) is 29.6 Å². The zero-order chi connectivity index (χ0) is 6.08. The number of hydrogen-bond acceptors (Lipinski definition) is 2. The summed E-state index contributed by atoms with van der Waals surface area (Å²) in [5.41, 5.74) is 0. The Bertz CT molecular complexity index is 60.8. The fourth-order valence-corrected chi connectivity index (χ4v) is 0. The zero-order valence-electron chi connectivity index (χ0n) is 4.11. The van der Waals surface area contributed by atoms with Crippen molar-refractivity contribution in [2.45, 2.75) is 10.1 Å². The Balaban J connectivity index is 0. The number of aliphatic hydroxyl groups is 2. The number of halogens is 3. The van der Waals surface area contributed by atoms with Crippen LogP contribution in [0, 0.1) is 0 Å². The molecule has 0 aromatic heterocycles. The van der Waals surface area contributed by atoms with Gasteiger partial charge in [-0.2, -0.15) is 0 Å². The number of alkyl halides is 3. The second-order valence-electron chi connectivity index (χ2n) is 0.915. The molecule has 0 aromatic carbocycles. The predicted molar refractivity (Wildman–Crippen MR) is 34.3 cm³/mol. The van der Waals surface area contributed by atoms with Crippen molar-refractivity contribution in [3.8, 4) is 0 Å². The van der Waals surface area contributed by atoms with Gasteiger partial charge in [-0.25, -0.2) is 0 Å². The van der Waals surface area contributed by atoms with Crippen LogP contribution < -0.4 is 0 Å². The third kappa shape index (κ3) is 5.92. The van der Waals surface area contributed by atoms with Gasteiger partial charge in [0.25, 0.3) is 0 Å². The minimum atomic E-state index is -1.97. The fraction of sp³-hybridized carbons (Fsp3) is 1.00. The zero-order valence-corrected chi connectivity index (χ0v) is 8.37. The standard InChI is InChI=1S/C2H3Cl3O2.Na/c3-2(4,5)1(6)7;/h1,6-7H;. The molecule has 0 aromatic rings. The largest absolute Gasteiger partial charge is 0.365 e. The van der Waals surface area contributed by atoms with E-state index in [0.717, 1.165) is 0 Å². The van der Waals surface area contributed by atoms with E-state index in [4.69, 9.17) is 45.0 Å². The van der Waals surface area contributed by atoms with Gasteiger partial charge in [0.15, 0.2) is 6.29 Å². The van der Waals surface area contributed by atoms with E-state index >= 15 is 0 Å². The summed E-state index contributed by atoms with van der Waals surface area (Å²) < 4.78 is -1.97. The maximum atomic E-state index is 8.05. The molecule has 6 heteroatoms. The van der Waals surface area contributed by atoms with E-state index in [9.17, 15) is 0 Å². The van der Waals surface area contributed by atoms with Gasteiger partial charge in [0.1, 0.15) is 0 Å². The van der Waals surface area contributed by atoms with Gasteiger partial charge < -0.3 is 10.2 Å². The molecule has 2 nitrogen and oxygen atoms in total. The van der Waals surface area contributed by atoms with Crippen molar-refractivity contribution < 1.29 is 10.2 Å². The monoisotopic (exact) mass is 187 g/mol. The van der Waals surface area contributed by atoms with Crippen molar-refractivity contribution >= 4 is 64.4 Å². The molecule has 0 unspecified atom stereocenters. The molecule has 0 aliphatic heterocycles. The minimum Gasteiger partial charge on any atom is -0.365 e. The molecule has 0 amide bonds. The quantitative estimate of drug-likeness (QED) is 0.326. The topological polar surface area (TPSA) is 40.5 Å². The summed E-state index contributed by atoms with van der Waals surface area (Å²) >= 11 is 14.7. The van der Waals surface area contributed by atoms with Crippen LogP contribution in [0.2, 0.25) is 0 Å². The predicted octanol–water partition coefficient (Wildman–Crippen LogP) is 0.286. The molecule has 0 aliphatic rings. The third-order valence-corrected chi connectivity index (χ3v) is 0.878. The second-order valence-corrected chi connectivity index (χ2v) is 3.28. The summed E-state index contributed by atoms with van der Waals surface area (Å²) in [5, 5.41) is 16.1. The Morgan fingerprint density at radius 1 is 1.12 bits per heavy atom. The van der Waals surface area contributed by atoms with Crippen LogP contribution in [0.15, 0.2) is 0 Å². The Morgan fingerprint density at radius 3 is 1.25 bits per heavy atom. The van der Waals surface area contributed by atoms with Crippen LogP contribution in [0.3, 0.4) is 0 Å². The average Bonchev–Trinajstić information content (AvgIpc) is 1.31. The summed E-state index contributed by atoms with van der Waals surface area (Å²) in [4.78, 5) is 0. The molecule has 0 atom stereocenters. The molecule has 45 valence electrons. The summed E-state index contributed by atoms with van der Waals surface area (Å²) in [6, 6.07) is 0. The Kier molecular flexibility index (Phi) is 7.14. The van der Waals surface area contributed by atoms with Crippen molar-refractivity contribution in [3.05, 3.63) is 0 Å². The molecule has 0 fully saturated rings. The molecule has 8 heavy (non-hydrogen) atoms. The Hall–Kier alpha value is 1.79. The first kappa shape index (κ1) is 12.5. The van der Waals surface area contributed by atoms with E-state index in [1.54, 1.807) is 0 Å². The van der Waals surface area contributed by atoms with Crippen LogP contribution in [0.25, 0.3) is 0 Å². The summed E-state index contributed by atoms with van der Waals surface area (Å²) in [5.74, 6) is 0. The van der Waals surface area contributed by atoms with Gasteiger partial charge >= 0.3 is 0 Å². The van der Waals surface area contributed by atoms with Crippen LogP contribution >= 0.6 is 34.8 Å². The van der Waals surface area contributed by atoms with Crippen LogP contribution in [0.1, 0.15) is 0 Å². The first-order valence-corrected chi connectivity index (χ1v) is 2.51. The van der Waals surface area contributed by atoms with Crippen molar-refractivity contribution in [3.63, 3.8) is 0 Å². The van der Waals surface area contributed by atoms with Gasteiger partial charge in [-0.15, -0.1) is 0 Å². The first-order valence-electron chi connectivity index (χ1n) is 1.37. The van der Waals surface area contributed by atoms with Gasteiger partial charge in [-0.1, -0.05) is 34.8 Å². The van der Waals surface area contributed by atoms with Crippen molar-refractivity contribution in [2.75, 3.05) is 0 Å².